The number of esters is 1. The minimum atomic E-state index is -0.265. The monoisotopic (exact) mass is 341 g/mol. The van der Waals surface area contributed by atoms with Crippen LogP contribution in [0.2, 0.25) is 0 Å². The highest BCUT2D eigenvalue weighted by Gasteiger charge is 2.06. The third-order valence-corrected chi connectivity index (χ3v) is 3.73. The van der Waals surface area contributed by atoms with Gasteiger partial charge < -0.3 is 21.5 Å². The molecule has 0 atom stereocenters. The summed E-state index contributed by atoms with van der Waals surface area (Å²) in [5.74, 6) is 0.229. The van der Waals surface area contributed by atoms with E-state index < -0.39 is 0 Å². The molecule has 0 amide bonds. The Balaban J connectivity index is 1.83. The number of guanidine groups is 1. The Morgan fingerprint density at radius 3 is 2.44 bits per heavy atom. The van der Waals surface area contributed by atoms with Gasteiger partial charge in [-0.25, -0.2) is 0 Å². The Hall–Kier alpha value is -3.09. The van der Waals surface area contributed by atoms with Crippen LogP contribution in [0.3, 0.4) is 0 Å². The summed E-state index contributed by atoms with van der Waals surface area (Å²) in [6.07, 6.45) is 2.79. The molecule has 0 saturated heterocycles. The number of hydrogen-bond donors (Lipinski definition) is 5. The molecule has 25 heavy (non-hydrogen) atoms. The predicted octanol–water partition coefficient (Wildman–Crippen LogP) is 2.07. The highest BCUT2D eigenvalue weighted by molar-refractivity contribution is 5.99. The third-order valence-electron chi connectivity index (χ3n) is 3.73. The van der Waals surface area contributed by atoms with Gasteiger partial charge in [0.05, 0.1) is 0 Å². The zero-order valence-electron chi connectivity index (χ0n) is 14.0. The number of fused-ring (bicyclic) bond motifs is 1. The molecule has 0 fully saturated rings. The molecule has 0 aliphatic heterocycles. The number of nitrogens with two attached hydrogens (primary N) is 2. The molecule has 7 heteroatoms. The molecule has 0 radical (unpaired) electrons. The van der Waals surface area contributed by atoms with E-state index in [-0.39, 0.29) is 17.8 Å². The minimum absolute atomic E-state index is 0.0240. The first kappa shape index (κ1) is 18.3. The van der Waals surface area contributed by atoms with Crippen molar-refractivity contribution in [3.05, 3.63) is 42.0 Å². The molecule has 0 heterocycles. The van der Waals surface area contributed by atoms with Crippen molar-refractivity contribution >= 4 is 28.5 Å². The van der Waals surface area contributed by atoms with Crippen molar-refractivity contribution in [2.45, 2.75) is 25.7 Å². The fourth-order valence-electron chi connectivity index (χ4n) is 2.43. The van der Waals surface area contributed by atoms with Crippen LogP contribution in [0.15, 0.2) is 36.4 Å². The number of amidine groups is 1. The molecule has 2 rings (SSSR count). The van der Waals surface area contributed by atoms with E-state index in [1.807, 2.05) is 18.2 Å². The van der Waals surface area contributed by atoms with E-state index in [2.05, 4.69) is 5.32 Å². The Morgan fingerprint density at radius 2 is 1.72 bits per heavy atom. The largest absolute Gasteiger partial charge is 0.427 e. The van der Waals surface area contributed by atoms with Crippen LogP contribution < -0.4 is 21.5 Å². The van der Waals surface area contributed by atoms with Gasteiger partial charge >= 0.3 is 5.97 Å². The van der Waals surface area contributed by atoms with Crippen molar-refractivity contribution in [2.24, 2.45) is 11.5 Å². The van der Waals surface area contributed by atoms with E-state index in [0.717, 1.165) is 30.0 Å². The molecule has 0 unspecified atom stereocenters. The summed E-state index contributed by atoms with van der Waals surface area (Å²) in [5.41, 5.74) is 11.3. The number of carbonyl (C=O) groups is 1. The lowest BCUT2D eigenvalue weighted by atomic mass is 10.1. The molecule has 7 N–H and O–H groups in total. The summed E-state index contributed by atoms with van der Waals surface area (Å²) in [4.78, 5) is 11.9. The highest BCUT2D eigenvalue weighted by atomic mass is 16.5. The molecule has 0 bridgehead atoms. The quantitative estimate of drug-likeness (QED) is 0.164. The molecule has 2 aromatic carbocycles. The number of nitrogens with one attached hydrogen (secondary N) is 3. The lowest BCUT2D eigenvalue weighted by Gasteiger charge is -2.07. The maximum atomic E-state index is 11.9. The maximum Gasteiger partial charge on any atom is 0.311 e. The molecule has 7 nitrogen and oxygen atoms in total. The van der Waals surface area contributed by atoms with Crippen molar-refractivity contribution < 1.29 is 9.53 Å². The summed E-state index contributed by atoms with van der Waals surface area (Å²) < 4.78 is 5.37. The fourth-order valence-corrected chi connectivity index (χ4v) is 2.43. The van der Waals surface area contributed by atoms with Gasteiger partial charge in [-0.1, -0.05) is 24.6 Å². The van der Waals surface area contributed by atoms with Gasteiger partial charge in [0.15, 0.2) is 5.96 Å². The van der Waals surface area contributed by atoms with Crippen LogP contribution in [0.5, 0.6) is 5.75 Å². The van der Waals surface area contributed by atoms with Crippen LogP contribution in [0.1, 0.15) is 31.2 Å². The summed E-state index contributed by atoms with van der Waals surface area (Å²) >= 11 is 0. The van der Waals surface area contributed by atoms with Gasteiger partial charge in [0, 0.05) is 18.5 Å². The lowest BCUT2D eigenvalue weighted by Crippen LogP contribution is -2.30. The van der Waals surface area contributed by atoms with Crippen molar-refractivity contribution in [3.8, 4) is 5.75 Å². The number of rotatable bonds is 8. The predicted molar refractivity (Wildman–Crippen MR) is 99.0 cm³/mol. The van der Waals surface area contributed by atoms with Gasteiger partial charge in [-0.15, -0.1) is 0 Å². The Labute approximate surface area is 146 Å². The van der Waals surface area contributed by atoms with Gasteiger partial charge in [0.1, 0.15) is 11.6 Å². The van der Waals surface area contributed by atoms with Crippen LogP contribution in [0, 0.1) is 10.8 Å². The fraction of sp³-hybridized carbons (Fsp3) is 0.278. The average molecular weight is 341 g/mol. The molecule has 132 valence electrons. The number of unbranched alkanes of at least 4 members (excludes halogenated alkanes) is 2. The Morgan fingerprint density at radius 1 is 1.00 bits per heavy atom. The van der Waals surface area contributed by atoms with E-state index in [1.54, 1.807) is 18.2 Å². The molecular weight excluding hydrogens is 318 g/mol. The normalized spacial score (nSPS) is 10.4. The van der Waals surface area contributed by atoms with Crippen LogP contribution in [-0.2, 0) is 4.79 Å². The molecule has 0 aromatic heterocycles. The van der Waals surface area contributed by atoms with Crippen molar-refractivity contribution in [2.75, 3.05) is 6.54 Å². The molecule has 2 aromatic rings. The highest BCUT2D eigenvalue weighted by Crippen LogP contribution is 2.22. The van der Waals surface area contributed by atoms with Gasteiger partial charge in [-0.3, -0.25) is 15.6 Å². The molecule has 0 saturated carbocycles. The van der Waals surface area contributed by atoms with E-state index in [4.69, 9.17) is 27.0 Å². The second-order valence-electron chi connectivity index (χ2n) is 5.76. The minimum Gasteiger partial charge on any atom is -0.427 e. The lowest BCUT2D eigenvalue weighted by molar-refractivity contribution is -0.134. The van der Waals surface area contributed by atoms with Gasteiger partial charge in [-0.05, 0) is 41.8 Å². The second kappa shape index (κ2) is 8.68. The number of benzene rings is 2. The molecule has 0 aliphatic carbocycles. The first-order chi connectivity index (χ1) is 12.0. The second-order valence-corrected chi connectivity index (χ2v) is 5.76. The van der Waals surface area contributed by atoms with Crippen LogP contribution in [0.25, 0.3) is 10.8 Å². The van der Waals surface area contributed by atoms with Gasteiger partial charge in [-0.2, -0.15) is 0 Å². The smallest absolute Gasteiger partial charge is 0.311 e. The Kier molecular flexibility index (Phi) is 6.33. The van der Waals surface area contributed by atoms with Gasteiger partial charge in [0.25, 0.3) is 0 Å². The van der Waals surface area contributed by atoms with Crippen LogP contribution >= 0.6 is 0 Å². The first-order valence-corrected chi connectivity index (χ1v) is 8.12. The summed E-state index contributed by atoms with van der Waals surface area (Å²) in [6.45, 7) is 0.636. The van der Waals surface area contributed by atoms with Crippen molar-refractivity contribution in [1.29, 1.82) is 10.8 Å². The van der Waals surface area contributed by atoms with Gasteiger partial charge in [0.2, 0.25) is 0 Å². The summed E-state index contributed by atoms with van der Waals surface area (Å²) in [7, 11) is 0. The Bertz CT molecular complexity index is 788. The molecule has 0 aliphatic rings. The average Bonchev–Trinajstić information content (AvgIpc) is 2.57. The van der Waals surface area contributed by atoms with E-state index in [0.29, 0.717) is 24.3 Å². The third kappa shape index (κ3) is 5.80. The number of carbonyl (C=O) groups excluding carboxylic acids is 1. The topological polar surface area (TPSA) is 138 Å². The number of hydrogen-bond acceptors (Lipinski definition) is 4. The first-order valence-electron chi connectivity index (χ1n) is 8.12. The summed E-state index contributed by atoms with van der Waals surface area (Å²) in [5, 5.41) is 19.1. The van der Waals surface area contributed by atoms with Crippen LogP contribution in [0.4, 0.5) is 0 Å². The van der Waals surface area contributed by atoms with E-state index >= 15 is 0 Å². The zero-order chi connectivity index (χ0) is 18.2. The van der Waals surface area contributed by atoms with E-state index in [1.165, 1.54) is 0 Å². The SMILES string of the molecule is N=C(N)NCCCCCC(=O)Oc1ccc2cc(C(=N)N)ccc2c1. The van der Waals surface area contributed by atoms with Crippen LogP contribution in [-0.4, -0.2) is 24.3 Å². The van der Waals surface area contributed by atoms with Crippen molar-refractivity contribution in [3.63, 3.8) is 0 Å². The summed E-state index contributed by atoms with van der Waals surface area (Å²) in [6, 6.07) is 10.8. The zero-order valence-corrected chi connectivity index (χ0v) is 14.0. The van der Waals surface area contributed by atoms with E-state index in [9.17, 15) is 4.79 Å². The number of nitrogen functional groups attached to an aromatic ring is 1. The standard InChI is InChI=1S/C18H23N5O2/c19-17(20)14-6-5-13-11-15(8-7-12(13)10-14)25-16(24)4-2-1-3-9-23-18(21)22/h5-8,10-11H,1-4,9H2,(H3,19,20)(H4,21,22,23). The molecular formula is C18H23N5O2. The maximum absolute atomic E-state index is 11.9. The number of ether oxygens (including phenoxy) is 1. The molecule has 0 spiro atoms. The van der Waals surface area contributed by atoms with Crippen molar-refractivity contribution in [1.82, 2.24) is 5.32 Å².